The predicted molar refractivity (Wildman–Crippen MR) is 151 cm³/mol. The van der Waals surface area contributed by atoms with Gasteiger partial charge in [-0.05, 0) is 68.0 Å². The van der Waals surface area contributed by atoms with Crippen molar-refractivity contribution in [1.29, 1.82) is 0 Å². The Kier molecular flexibility index (Phi) is 7.49. The Morgan fingerprint density at radius 3 is 2.47 bits per heavy atom. The van der Waals surface area contributed by atoms with Gasteiger partial charge in [-0.15, -0.1) is 0 Å². The standard InChI is InChI=1S/C28H30N4O4S2/c1-30(2)16-17-32(28-29-25-18-23(36-3)10-13-26(25)37-28)27(33)21-8-11-24(12-9-21)38(34,35)31-15-14-20-6-4-5-7-22(20)19-31/h4-13,18H,14-17,19H2,1-3H3. The highest BCUT2D eigenvalue weighted by atomic mass is 32.2. The van der Waals surface area contributed by atoms with Gasteiger partial charge in [-0.3, -0.25) is 9.69 Å². The first kappa shape index (κ1) is 26.3. The highest BCUT2D eigenvalue weighted by Crippen LogP contribution is 2.32. The molecule has 0 atom stereocenters. The lowest BCUT2D eigenvalue weighted by Gasteiger charge is -2.28. The summed E-state index contributed by atoms with van der Waals surface area (Å²) in [6.45, 7) is 1.87. The number of benzene rings is 3. The SMILES string of the molecule is COc1ccc2sc(N(CCN(C)C)C(=O)c3ccc(S(=O)(=O)N4CCc5ccccc5C4)cc3)nc2c1. The maximum atomic E-state index is 13.6. The van der Waals surface area contributed by atoms with Crippen molar-refractivity contribution in [2.24, 2.45) is 0 Å². The summed E-state index contributed by atoms with van der Waals surface area (Å²) in [7, 11) is 1.82. The summed E-state index contributed by atoms with van der Waals surface area (Å²) in [4.78, 5) is 22.2. The highest BCUT2D eigenvalue weighted by Gasteiger charge is 2.29. The fourth-order valence-electron chi connectivity index (χ4n) is 4.47. The molecule has 0 fully saturated rings. The van der Waals surface area contributed by atoms with E-state index in [1.165, 1.54) is 33.3 Å². The minimum absolute atomic E-state index is 0.181. The number of rotatable bonds is 8. The molecule has 4 aromatic rings. The zero-order valence-electron chi connectivity index (χ0n) is 21.6. The number of nitrogens with zero attached hydrogens (tertiary/aromatic N) is 4. The smallest absolute Gasteiger partial charge is 0.260 e. The second kappa shape index (κ2) is 10.8. The van der Waals surface area contributed by atoms with E-state index in [0.29, 0.717) is 49.0 Å². The van der Waals surface area contributed by atoms with E-state index >= 15 is 0 Å². The van der Waals surface area contributed by atoms with Crippen molar-refractivity contribution in [3.8, 4) is 5.75 Å². The zero-order chi connectivity index (χ0) is 26.9. The van der Waals surface area contributed by atoms with Crippen molar-refractivity contribution in [2.75, 3.05) is 45.7 Å². The average molecular weight is 551 g/mol. The summed E-state index contributed by atoms with van der Waals surface area (Å²) in [6, 6.07) is 19.8. The number of carbonyl (C=O) groups is 1. The molecule has 2 heterocycles. The number of hydrogen-bond donors (Lipinski definition) is 0. The van der Waals surface area contributed by atoms with Gasteiger partial charge in [-0.2, -0.15) is 4.31 Å². The van der Waals surface area contributed by atoms with Crippen LogP contribution in [0.5, 0.6) is 5.75 Å². The molecule has 38 heavy (non-hydrogen) atoms. The minimum Gasteiger partial charge on any atom is -0.497 e. The van der Waals surface area contributed by atoms with Crippen LogP contribution in [-0.4, -0.2) is 69.4 Å². The van der Waals surface area contributed by atoms with E-state index in [9.17, 15) is 13.2 Å². The van der Waals surface area contributed by atoms with Crippen LogP contribution in [0.15, 0.2) is 71.6 Å². The first-order chi connectivity index (χ1) is 18.3. The van der Waals surface area contributed by atoms with Crippen molar-refractivity contribution in [1.82, 2.24) is 14.2 Å². The van der Waals surface area contributed by atoms with Crippen molar-refractivity contribution >= 4 is 42.6 Å². The Labute approximate surface area is 227 Å². The van der Waals surface area contributed by atoms with Crippen LogP contribution in [0, 0.1) is 0 Å². The van der Waals surface area contributed by atoms with Crippen molar-refractivity contribution in [3.05, 3.63) is 83.4 Å². The molecular weight excluding hydrogens is 520 g/mol. The van der Waals surface area contributed by atoms with E-state index in [1.54, 1.807) is 24.1 Å². The normalized spacial score (nSPS) is 14.0. The van der Waals surface area contributed by atoms with Crippen LogP contribution in [0.1, 0.15) is 21.5 Å². The third-order valence-corrected chi connectivity index (χ3v) is 9.58. The van der Waals surface area contributed by atoms with E-state index in [2.05, 4.69) is 0 Å². The summed E-state index contributed by atoms with van der Waals surface area (Å²) in [6.07, 6.45) is 0.681. The molecule has 0 aliphatic carbocycles. The molecule has 0 bridgehead atoms. The third-order valence-electron chi connectivity index (χ3n) is 6.66. The fraction of sp³-hybridized carbons (Fsp3) is 0.286. The average Bonchev–Trinajstić information content (AvgIpc) is 3.35. The van der Waals surface area contributed by atoms with Crippen LogP contribution < -0.4 is 9.64 Å². The summed E-state index contributed by atoms with van der Waals surface area (Å²) in [5.41, 5.74) is 3.38. The van der Waals surface area contributed by atoms with Gasteiger partial charge in [0, 0.05) is 37.8 Å². The lowest BCUT2D eigenvalue weighted by atomic mass is 10.0. The molecule has 0 saturated heterocycles. The number of hydrogen-bond acceptors (Lipinski definition) is 7. The number of carbonyl (C=O) groups excluding carboxylic acids is 1. The maximum absolute atomic E-state index is 13.6. The summed E-state index contributed by atoms with van der Waals surface area (Å²) >= 11 is 1.44. The lowest BCUT2D eigenvalue weighted by Crippen LogP contribution is -2.37. The Balaban J connectivity index is 1.40. The predicted octanol–water partition coefficient (Wildman–Crippen LogP) is 4.26. The van der Waals surface area contributed by atoms with E-state index < -0.39 is 10.0 Å². The molecule has 8 nitrogen and oxygen atoms in total. The number of sulfonamides is 1. The second-order valence-electron chi connectivity index (χ2n) is 9.47. The molecule has 5 rings (SSSR count). The Morgan fingerprint density at radius 2 is 1.76 bits per heavy atom. The molecule has 198 valence electrons. The van der Waals surface area contributed by atoms with Crippen LogP contribution in [0.3, 0.4) is 0 Å². The van der Waals surface area contributed by atoms with Crippen LogP contribution >= 0.6 is 11.3 Å². The monoisotopic (exact) mass is 550 g/mol. The summed E-state index contributed by atoms with van der Waals surface area (Å²) in [5, 5.41) is 0.587. The van der Waals surface area contributed by atoms with Crippen molar-refractivity contribution in [3.63, 3.8) is 0 Å². The first-order valence-electron chi connectivity index (χ1n) is 12.3. The van der Waals surface area contributed by atoms with Crippen molar-refractivity contribution in [2.45, 2.75) is 17.9 Å². The number of amides is 1. The Bertz CT molecular complexity index is 1570. The van der Waals surface area contributed by atoms with Crippen LogP contribution in [0.4, 0.5) is 5.13 Å². The molecule has 0 N–H and O–H groups in total. The van der Waals surface area contributed by atoms with Gasteiger partial charge in [-0.25, -0.2) is 13.4 Å². The number of thiazole rings is 1. The van der Waals surface area contributed by atoms with Gasteiger partial charge in [0.1, 0.15) is 5.75 Å². The molecule has 0 unspecified atom stereocenters. The summed E-state index contributed by atoms with van der Waals surface area (Å²) in [5.74, 6) is 0.475. The second-order valence-corrected chi connectivity index (χ2v) is 12.4. The summed E-state index contributed by atoms with van der Waals surface area (Å²) < 4.78 is 34.5. The van der Waals surface area contributed by atoms with Gasteiger partial charge in [0.25, 0.3) is 5.91 Å². The Morgan fingerprint density at radius 1 is 1.03 bits per heavy atom. The van der Waals surface area contributed by atoms with Gasteiger partial charge < -0.3 is 9.64 Å². The first-order valence-corrected chi connectivity index (χ1v) is 14.6. The molecule has 1 aliphatic rings. The molecule has 0 spiro atoms. The quantitative estimate of drug-likeness (QED) is 0.326. The van der Waals surface area contributed by atoms with Crippen LogP contribution in [-0.2, 0) is 23.0 Å². The lowest BCUT2D eigenvalue weighted by molar-refractivity contribution is 0.0985. The fourth-order valence-corrected chi connectivity index (χ4v) is 6.86. The van der Waals surface area contributed by atoms with E-state index in [1.807, 2.05) is 61.5 Å². The van der Waals surface area contributed by atoms with E-state index in [0.717, 1.165) is 15.8 Å². The zero-order valence-corrected chi connectivity index (χ0v) is 23.3. The molecule has 0 saturated carbocycles. The van der Waals surface area contributed by atoms with Gasteiger partial charge in [0.15, 0.2) is 5.13 Å². The van der Waals surface area contributed by atoms with E-state index in [-0.39, 0.29) is 10.8 Å². The van der Waals surface area contributed by atoms with Gasteiger partial charge in [0.2, 0.25) is 10.0 Å². The number of likely N-dealkylation sites (N-methyl/N-ethyl adjacent to an activating group) is 1. The van der Waals surface area contributed by atoms with Crippen LogP contribution in [0.2, 0.25) is 0 Å². The number of aromatic nitrogens is 1. The van der Waals surface area contributed by atoms with Gasteiger partial charge in [0.05, 0.1) is 22.2 Å². The Hall–Kier alpha value is -3.31. The molecular formula is C28H30N4O4S2. The molecule has 1 aromatic heterocycles. The van der Waals surface area contributed by atoms with E-state index in [4.69, 9.17) is 9.72 Å². The minimum atomic E-state index is -3.69. The van der Waals surface area contributed by atoms with Crippen LogP contribution in [0.25, 0.3) is 10.2 Å². The number of methoxy groups -OCH3 is 1. The number of fused-ring (bicyclic) bond motifs is 2. The molecule has 3 aromatic carbocycles. The molecule has 1 amide bonds. The van der Waals surface area contributed by atoms with Gasteiger partial charge >= 0.3 is 0 Å². The largest absolute Gasteiger partial charge is 0.497 e. The third kappa shape index (κ3) is 5.30. The van der Waals surface area contributed by atoms with Gasteiger partial charge in [-0.1, -0.05) is 35.6 Å². The number of anilines is 1. The molecule has 10 heteroatoms. The molecule has 0 radical (unpaired) electrons. The molecule has 1 aliphatic heterocycles. The van der Waals surface area contributed by atoms with Crippen molar-refractivity contribution < 1.29 is 17.9 Å². The highest BCUT2D eigenvalue weighted by molar-refractivity contribution is 7.89. The topological polar surface area (TPSA) is 83.0 Å². The number of ether oxygens (including phenoxy) is 1. The maximum Gasteiger partial charge on any atom is 0.260 e.